The zero-order chi connectivity index (χ0) is 11.8. The van der Waals surface area contributed by atoms with E-state index in [1.165, 1.54) is 25.6 Å². The van der Waals surface area contributed by atoms with Gasteiger partial charge in [-0.3, -0.25) is 0 Å². The summed E-state index contributed by atoms with van der Waals surface area (Å²) in [6.45, 7) is 3.57. The van der Waals surface area contributed by atoms with Crippen molar-refractivity contribution in [1.82, 2.24) is 4.90 Å². The number of halogens is 2. The average Bonchev–Trinajstić information content (AvgIpc) is 2.71. The molecule has 0 amide bonds. The van der Waals surface area contributed by atoms with E-state index in [2.05, 4.69) is 10.2 Å². The van der Waals surface area contributed by atoms with Gasteiger partial charge in [0.05, 0.1) is 5.02 Å². The van der Waals surface area contributed by atoms with Crippen molar-refractivity contribution in [3.05, 3.63) is 29.0 Å². The first-order valence-electron chi connectivity index (χ1n) is 6.16. The van der Waals surface area contributed by atoms with Crippen LogP contribution in [0.1, 0.15) is 12.8 Å². The first-order valence-corrected chi connectivity index (χ1v) is 6.54. The standard InChI is InChI=1S/C13H16ClFN2/c14-11-2-1-10(7-12(11)15)16-13-4-6-17-5-3-9(13)8-17/h1-2,7,9,13,16H,3-6,8H2. The number of fused-ring (bicyclic) bond motifs is 2. The summed E-state index contributed by atoms with van der Waals surface area (Å²) in [6.07, 6.45) is 2.41. The predicted octanol–water partition coefficient (Wildman–Crippen LogP) is 2.99. The van der Waals surface area contributed by atoms with E-state index in [1.54, 1.807) is 6.07 Å². The van der Waals surface area contributed by atoms with Crippen LogP contribution in [0.3, 0.4) is 0 Å². The summed E-state index contributed by atoms with van der Waals surface area (Å²) in [5.74, 6) is 0.364. The highest BCUT2D eigenvalue weighted by Crippen LogP contribution is 2.30. The fraction of sp³-hybridized carbons (Fsp3) is 0.538. The molecule has 0 saturated carbocycles. The Bertz CT molecular complexity index is 424. The van der Waals surface area contributed by atoms with Crippen LogP contribution < -0.4 is 5.32 Å². The normalized spacial score (nSPS) is 31.5. The predicted molar refractivity (Wildman–Crippen MR) is 68.0 cm³/mol. The van der Waals surface area contributed by atoms with Crippen LogP contribution in [0, 0.1) is 11.7 Å². The molecule has 2 nitrogen and oxygen atoms in total. The van der Waals surface area contributed by atoms with Gasteiger partial charge in [-0.1, -0.05) is 11.6 Å². The highest BCUT2D eigenvalue weighted by Gasteiger charge is 2.34. The van der Waals surface area contributed by atoms with E-state index in [1.807, 2.05) is 6.07 Å². The van der Waals surface area contributed by atoms with E-state index in [-0.39, 0.29) is 10.8 Å². The van der Waals surface area contributed by atoms with Gasteiger partial charge in [-0.05, 0) is 43.5 Å². The Morgan fingerprint density at radius 1 is 1.29 bits per heavy atom. The van der Waals surface area contributed by atoms with Gasteiger partial charge in [0.2, 0.25) is 0 Å². The molecule has 4 heteroatoms. The smallest absolute Gasteiger partial charge is 0.143 e. The monoisotopic (exact) mass is 254 g/mol. The average molecular weight is 255 g/mol. The summed E-state index contributed by atoms with van der Waals surface area (Å²) in [6, 6.07) is 5.44. The van der Waals surface area contributed by atoms with E-state index < -0.39 is 0 Å². The number of nitrogens with one attached hydrogen (secondary N) is 1. The third-order valence-electron chi connectivity index (χ3n) is 3.91. The second-order valence-corrected chi connectivity index (χ2v) is 5.42. The van der Waals surface area contributed by atoms with Crippen molar-refractivity contribution in [2.75, 3.05) is 25.0 Å². The Kier molecular flexibility index (Phi) is 2.97. The molecule has 1 N–H and O–H groups in total. The van der Waals surface area contributed by atoms with Gasteiger partial charge in [0, 0.05) is 24.8 Å². The van der Waals surface area contributed by atoms with E-state index >= 15 is 0 Å². The minimum atomic E-state index is -0.347. The SMILES string of the molecule is Fc1cc(NC2CCN3CCC2C3)ccc1Cl. The minimum Gasteiger partial charge on any atom is -0.382 e. The van der Waals surface area contributed by atoms with Crippen LogP contribution in [0.15, 0.2) is 18.2 Å². The molecular weight excluding hydrogens is 239 g/mol. The first-order chi connectivity index (χ1) is 8.22. The molecule has 2 aliphatic heterocycles. The Labute approximate surface area is 106 Å². The summed E-state index contributed by atoms with van der Waals surface area (Å²) in [5, 5.41) is 3.64. The fourth-order valence-corrected chi connectivity index (χ4v) is 3.06. The summed E-state index contributed by atoms with van der Waals surface area (Å²) in [4.78, 5) is 2.51. The molecule has 0 spiro atoms. The van der Waals surface area contributed by atoms with Crippen molar-refractivity contribution in [3.63, 3.8) is 0 Å². The maximum absolute atomic E-state index is 13.3. The van der Waals surface area contributed by atoms with Crippen LogP contribution in [0.4, 0.5) is 10.1 Å². The van der Waals surface area contributed by atoms with Crippen LogP contribution in [-0.2, 0) is 0 Å². The fourth-order valence-electron chi connectivity index (χ4n) is 2.94. The van der Waals surface area contributed by atoms with Gasteiger partial charge >= 0.3 is 0 Å². The molecule has 2 aliphatic rings. The van der Waals surface area contributed by atoms with Gasteiger partial charge in [-0.15, -0.1) is 0 Å². The highest BCUT2D eigenvalue weighted by atomic mass is 35.5. The summed E-state index contributed by atoms with van der Waals surface area (Å²) >= 11 is 5.68. The zero-order valence-electron chi connectivity index (χ0n) is 9.63. The summed E-state index contributed by atoms with van der Waals surface area (Å²) < 4.78 is 13.3. The number of nitrogens with zero attached hydrogens (tertiary/aromatic N) is 1. The third kappa shape index (κ3) is 2.26. The van der Waals surface area contributed by atoms with E-state index in [9.17, 15) is 4.39 Å². The maximum atomic E-state index is 13.3. The Morgan fingerprint density at radius 2 is 2.12 bits per heavy atom. The molecule has 3 unspecified atom stereocenters. The van der Waals surface area contributed by atoms with E-state index in [4.69, 9.17) is 11.6 Å². The van der Waals surface area contributed by atoms with Crippen molar-refractivity contribution in [3.8, 4) is 0 Å². The molecule has 2 heterocycles. The molecule has 0 aliphatic carbocycles. The summed E-state index contributed by atoms with van der Waals surface area (Å²) in [7, 11) is 0. The van der Waals surface area contributed by atoms with Gasteiger partial charge in [0.15, 0.2) is 0 Å². The van der Waals surface area contributed by atoms with E-state index in [0.29, 0.717) is 12.0 Å². The quantitative estimate of drug-likeness (QED) is 0.873. The van der Waals surface area contributed by atoms with E-state index in [0.717, 1.165) is 18.7 Å². The molecule has 3 atom stereocenters. The second-order valence-electron chi connectivity index (χ2n) is 5.02. The van der Waals surface area contributed by atoms with Gasteiger partial charge in [0.25, 0.3) is 0 Å². The van der Waals surface area contributed by atoms with Crippen LogP contribution in [0.25, 0.3) is 0 Å². The number of benzene rings is 1. The van der Waals surface area contributed by atoms with Crippen LogP contribution in [0.5, 0.6) is 0 Å². The van der Waals surface area contributed by atoms with Crippen molar-refractivity contribution in [2.24, 2.45) is 5.92 Å². The molecule has 92 valence electrons. The van der Waals surface area contributed by atoms with Gasteiger partial charge < -0.3 is 10.2 Å². The lowest BCUT2D eigenvalue weighted by atomic mass is 9.94. The molecule has 2 bridgehead atoms. The lowest BCUT2D eigenvalue weighted by molar-refractivity contribution is 0.255. The molecule has 3 rings (SSSR count). The zero-order valence-corrected chi connectivity index (χ0v) is 10.4. The Morgan fingerprint density at radius 3 is 2.94 bits per heavy atom. The van der Waals surface area contributed by atoms with Crippen LogP contribution in [-0.4, -0.2) is 30.6 Å². The number of anilines is 1. The molecule has 1 aromatic rings. The lowest BCUT2D eigenvalue weighted by Gasteiger charge is -2.31. The van der Waals surface area contributed by atoms with Gasteiger partial charge in [-0.2, -0.15) is 0 Å². The third-order valence-corrected chi connectivity index (χ3v) is 4.21. The lowest BCUT2D eigenvalue weighted by Crippen LogP contribution is -2.39. The summed E-state index contributed by atoms with van der Waals surface area (Å²) in [5.41, 5.74) is 0.845. The van der Waals surface area contributed by atoms with Crippen molar-refractivity contribution >= 4 is 17.3 Å². The molecular formula is C13H16ClFN2. The number of rotatable bonds is 2. The van der Waals surface area contributed by atoms with Crippen molar-refractivity contribution in [1.29, 1.82) is 0 Å². The Balaban J connectivity index is 1.71. The number of hydrogen-bond donors (Lipinski definition) is 1. The van der Waals surface area contributed by atoms with Crippen molar-refractivity contribution < 1.29 is 4.39 Å². The molecule has 17 heavy (non-hydrogen) atoms. The van der Waals surface area contributed by atoms with Crippen LogP contribution in [0.2, 0.25) is 5.02 Å². The molecule has 0 radical (unpaired) electrons. The van der Waals surface area contributed by atoms with Gasteiger partial charge in [-0.25, -0.2) is 4.39 Å². The minimum absolute atomic E-state index is 0.186. The maximum Gasteiger partial charge on any atom is 0.143 e. The van der Waals surface area contributed by atoms with Crippen LogP contribution >= 0.6 is 11.6 Å². The second kappa shape index (κ2) is 4.46. The first kappa shape index (κ1) is 11.3. The Hall–Kier alpha value is -0.800. The number of piperidine rings is 1. The topological polar surface area (TPSA) is 15.3 Å². The molecule has 1 aromatic carbocycles. The number of hydrogen-bond acceptors (Lipinski definition) is 2. The molecule has 0 aromatic heterocycles. The highest BCUT2D eigenvalue weighted by molar-refractivity contribution is 6.30. The molecule has 2 fully saturated rings. The molecule has 2 saturated heterocycles. The largest absolute Gasteiger partial charge is 0.382 e. The van der Waals surface area contributed by atoms with Crippen molar-refractivity contribution in [2.45, 2.75) is 18.9 Å². The van der Waals surface area contributed by atoms with Gasteiger partial charge in [0.1, 0.15) is 5.82 Å².